The summed E-state index contributed by atoms with van der Waals surface area (Å²) in [5, 5.41) is 4.08. The minimum atomic E-state index is 0.541. The molecule has 1 aromatic carbocycles. The van der Waals surface area contributed by atoms with Crippen LogP contribution in [0.3, 0.4) is 0 Å². The number of nitrogens with zero attached hydrogens (tertiary/aromatic N) is 2. The summed E-state index contributed by atoms with van der Waals surface area (Å²) in [5.41, 5.74) is 2.12. The third-order valence-corrected chi connectivity index (χ3v) is 3.28. The van der Waals surface area contributed by atoms with Crippen LogP contribution in [0.25, 0.3) is 0 Å². The van der Waals surface area contributed by atoms with Gasteiger partial charge in [0.2, 0.25) is 5.13 Å². The molecule has 0 aliphatic rings. The molecule has 17 heavy (non-hydrogen) atoms. The molecule has 0 saturated carbocycles. The van der Waals surface area contributed by atoms with Gasteiger partial charge < -0.3 is 5.32 Å². The number of hydrogen-bond donors (Lipinski definition) is 1. The van der Waals surface area contributed by atoms with Crippen LogP contribution in [0.2, 0.25) is 0 Å². The number of alkyl halides is 1. The maximum atomic E-state index is 5.74. The average molecular weight is 268 g/mol. The Hall–Kier alpha value is -1.13. The standard InChI is InChI=1S/C12H14ClN3S/c1-2-3-11-15-12(17-16-11)14-10-6-4-9(8-13)5-7-10/h4-7H,2-3,8H2,1H3,(H,14,15,16). The molecule has 0 amide bonds. The van der Waals surface area contributed by atoms with E-state index in [1.54, 1.807) is 0 Å². The summed E-state index contributed by atoms with van der Waals surface area (Å²) in [7, 11) is 0. The predicted octanol–water partition coefficient (Wildman–Crippen LogP) is 3.97. The molecule has 2 rings (SSSR count). The summed E-state index contributed by atoms with van der Waals surface area (Å²) in [4.78, 5) is 4.41. The summed E-state index contributed by atoms with van der Waals surface area (Å²) in [6.07, 6.45) is 2.00. The van der Waals surface area contributed by atoms with Crippen molar-refractivity contribution in [2.75, 3.05) is 5.32 Å². The molecule has 0 aliphatic heterocycles. The van der Waals surface area contributed by atoms with Crippen LogP contribution in [0.1, 0.15) is 24.7 Å². The molecule has 0 saturated heterocycles. The van der Waals surface area contributed by atoms with Crippen molar-refractivity contribution in [3.8, 4) is 0 Å². The first-order chi connectivity index (χ1) is 8.31. The van der Waals surface area contributed by atoms with Crippen LogP contribution in [0.4, 0.5) is 10.8 Å². The van der Waals surface area contributed by atoms with Crippen LogP contribution in [0.15, 0.2) is 24.3 Å². The molecule has 1 aromatic heterocycles. The quantitative estimate of drug-likeness (QED) is 0.833. The molecule has 0 radical (unpaired) electrons. The van der Waals surface area contributed by atoms with Crippen molar-refractivity contribution < 1.29 is 0 Å². The Morgan fingerprint density at radius 2 is 2.06 bits per heavy atom. The van der Waals surface area contributed by atoms with Gasteiger partial charge in [-0.05, 0) is 24.1 Å². The Balaban J connectivity index is 2.03. The van der Waals surface area contributed by atoms with Gasteiger partial charge in [-0.1, -0.05) is 19.1 Å². The van der Waals surface area contributed by atoms with E-state index in [4.69, 9.17) is 11.6 Å². The van der Waals surface area contributed by atoms with Crippen LogP contribution < -0.4 is 5.32 Å². The maximum Gasteiger partial charge on any atom is 0.207 e. The zero-order chi connectivity index (χ0) is 12.1. The van der Waals surface area contributed by atoms with Crippen molar-refractivity contribution in [3.63, 3.8) is 0 Å². The summed E-state index contributed by atoms with van der Waals surface area (Å²) in [5.74, 6) is 1.46. The molecule has 0 unspecified atom stereocenters. The summed E-state index contributed by atoms with van der Waals surface area (Å²) in [6.45, 7) is 2.12. The highest BCUT2D eigenvalue weighted by molar-refractivity contribution is 7.09. The van der Waals surface area contributed by atoms with Gasteiger partial charge in [0, 0.05) is 29.5 Å². The Kier molecular flexibility index (Phi) is 4.34. The van der Waals surface area contributed by atoms with E-state index in [2.05, 4.69) is 21.6 Å². The number of nitrogens with one attached hydrogen (secondary N) is 1. The van der Waals surface area contributed by atoms with Crippen LogP contribution in [0.5, 0.6) is 0 Å². The highest BCUT2D eigenvalue weighted by Gasteiger charge is 2.03. The summed E-state index contributed by atoms with van der Waals surface area (Å²) < 4.78 is 4.28. The second kappa shape index (κ2) is 5.98. The smallest absolute Gasteiger partial charge is 0.207 e. The van der Waals surface area contributed by atoms with Gasteiger partial charge in [0.05, 0.1) is 0 Å². The molecule has 5 heteroatoms. The highest BCUT2D eigenvalue weighted by atomic mass is 35.5. The molecular weight excluding hydrogens is 254 g/mol. The molecule has 0 bridgehead atoms. The predicted molar refractivity (Wildman–Crippen MR) is 73.2 cm³/mol. The second-order valence-corrected chi connectivity index (χ2v) is 4.74. The first-order valence-electron chi connectivity index (χ1n) is 5.56. The first-order valence-corrected chi connectivity index (χ1v) is 6.87. The molecule has 1 heterocycles. The molecule has 1 N–H and O–H groups in total. The van der Waals surface area contributed by atoms with Crippen LogP contribution >= 0.6 is 23.1 Å². The van der Waals surface area contributed by atoms with Gasteiger partial charge in [-0.15, -0.1) is 11.6 Å². The van der Waals surface area contributed by atoms with Crippen LogP contribution in [-0.2, 0) is 12.3 Å². The molecule has 0 aliphatic carbocycles. The lowest BCUT2D eigenvalue weighted by Gasteiger charge is -2.02. The lowest BCUT2D eigenvalue weighted by atomic mass is 10.2. The van der Waals surface area contributed by atoms with Gasteiger partial charge in [0.1, 0.15) is 5.82 Å². The van der Waals surface area contributed by atoms with Gasteiger partial charge >= 0.3 is 0 Å². The van der Waals surface area contributed by atoms with Crippen molar-refractivity contribution in [3.05, 3.63) is 35.7 Å². The highest BCUT2D eigenvalue weighted by Crippen LogP contribution is 2.19. The summed E-state index contributed by atoms with van der Waals surface area (Å²) in [6, 6.07) is 8.00. The van der Waals surface area contributed by atoms with Gasteiger partial charge in [0.15, 0.2) is 0 Å². The van der Waals surface area contributed by atoms with E-state index in [-0.39, 0.29) is 0 Å². The van der Waals surface area contributed by atoms with Crippen LogP contribution in [0, 0.1) is 0 Å². The van der Waals surface area contributed by atoms with Crippen molar-refractivity contribution in [1.82, 2.24) is 9.36 Å². The average Bonchev–Trinajstić information content (AvgIpc) is 2.78. The van der Waals surface area contributed by atoms with Crippen molar-refractivity contribution >= 4 is 34.0 Å². The second-order valence-electron chi connectivity index (χ2n) is 3.72. The van der Waals surface area contributed by atoms with Crippen LogP contribution in [-0.4, -0.2) is 9.36 Å². The third kappa shape index (κ3) is 3.41. The lowest BCUT2D eigenvalue weighted by molar-refractivity contribution is 0.862. The fourth-order valence-corrected chi connectivity index (χ4v) is 2.24. The fraction of sp³-hybridized carbons (Fsp3) is 0.333. The van der Waals surface area contributed by atoms with Gasteiger partial charge in [-0.3, -0.25) is 0 Å². The molecule has 0 spiro atoms. The van der Waals surface area contributed by atoms with Crippen molar-refractivity contribution in [1.29, 1.82) is 0 Å². The van der Waals surface area contributed by atoms with E-state index in [0.717, 1.165) is 35.0 Å². The van der Waals surface area contributed by atoms with E-state index in [1.807, 2.05) is 24.3 Å². The molecule has 0 atom stereocenters. The number of anilines is 2. The van der Waals surface area contributed by atoms with Gasteiger partial charge in [-0.25, -0.2) is 4.98 Å². The van der Waals surface area contributed by atoms with Gasteiger partial charge in [0.25, 0.3) is 0 Å². The fourth-order valence-electron chi connectivity index (χ4n) is 1.43. The minimum absolute atomic E-state index is 0.541. The number of halogens is 1. The SMILES string of the molecule is CCCc1nsc(Nc2ccc(CCl)cc2)n1. The monoisotopic (exact) mass is 267 g/mol. The zero-order valence-corrected chi connectivity index (χ0v) is 11.2. The maximum absolute atomic E-state index is 5.74. The van der Waals surface area contributed by atoms with Crippen molar-refractivity contribution in [2.45, 2.75) is 25.6 Å². The zero-order valence-electron chi connectivity index (χ0n) is 9.61. The number of aromatic nitrogens is 2. The van der Waals surface area contributed by atoms with E-state index in [9.17, 15) is 0 Å². The van der Waals surface area contributed by atoms with E-state index in [0.29, 0.717) is 5.88 Å². The first kappa shape index (κ1) is 12.3. The largest absolute Gasteiger partial charge is 0.330 e. The number of rotatable bonds is 5. The molecule has 2 aromatic rings. The van der Waals surface area contributed by atoms with Crippen molar-refractivity contribution in [2.24, 2.45) is 0 Å². The number of aryl methyl sites for hydroxylation is 1. The van der Waals surface area contributed by atoms with E-state index < -0.39 is 0 Å². The number of hydrogen-bond acceptors (Lipinski definition) is 4. The van der Waals surface area contributed by atoms with E-state index >= 15 is 0 Å². The lowest BCUT2D eigenvalue weighted by Crippen LogP contribution is -1.91. The molecule has 3 nitrogen and oxygen atoms in total. The molecule has 90 valence electrons. The Morgan fingerprint density at radius 3 is 2.71 bits per heavy atom. The Labute approximate surface area is 110 Å². The normalized spacial score (nSPS) is 10.5. The van der Waals surface area contributed by atoms with Gasteiger partial charge in [-0.2, -0.15) is 4.37 Å². The summed E-state index contributed by atoms with van der Waals surface area (Å²) >= 11 is 7.13. The Bertz CT molecular complexity index is 467. The molecular formula is C12H14ClN3S. The van der Waals surface area contributed by atoms with E-state index in [1.165, 1.54) is 11.5 Å². The minimum Gasteiger partial charge on any atom is -0.330 e. The molecule has 0 fully saturated rings. The third-order valence-electron chi connectivity index (χ3n) is 2.30. The number of benzene rings is 1. The Morgan fingerprint density at radius 1 is 1.29 bits per heavy atom. The topological polar surface area (TPSA) is 37.8 Å².